The van der Waals surface area contributed by atoms with Crippen LogP contribution in [-0.2, 0) is 36.9 Å². The molecular weight excluding hydrogens is 928 g/mol. The average molecular weight is 1030 g/mol. The van der Waals surface area contributed by atoms with Crippen molar-refractivity contribution < 1.29 is 41.7 Å². The highest BCUT2D eigenvalue weighted by Crippen LogP contribution is 2.49. The van der Waals surface area contributed by atoms with Gasteiger partial charge in [-0.25, -0.2) is 9.36 Å². The molecule has 0 saturated carbocycles. The van der Waals surface area contributed by atoms with Crippen molar-refractivity contribution in [3.05, 3.63) is 73.3 Å². The van der Waals surface area contributed by atoms with Crippen molar-refractivity contribution in [1.82, 2.24) is 10.6 Å². The number of amides is 2. The second-order valence-corrected chi connectivity index (χ2v) is 27.3. The van der Waals surface area contributed by atoms with Gasteiger partial charge in [-0.05, 0) is 61.9 Å². The average Bonchev–Trinajstić information content (AvgIpc) is 3.33. The molecule has 0 aromatic heterocycles. The van der Waals surface area contributed by atoms with Crippen molar-refractivity contribution in [2.45, 2.75) is 239 Å². The van der Waals surface area contributed by atoms with Gasteiger partial charge in [0.25, 0.3) is 8.32 Å². The third kappa shape index (κ3) is 27.7. The first-order valence-electron chi connectivity index (χ1n) is 27.7. The molecule has 0 spiro atoms. The Labute approximate surface area is 433 Å². The summed E-state index contributed by atoms with van der Waals surface area (Å²) in [6.07, 6.45) is 27.0. The van der Waals surface area contributed by atoms with Gasteiger partial charge in [-0.1, -0.05) is 223 Å². The molecule has 2 N–H and O–H groups in total. The molecule has 0 bridgehead atoms. The highest BCUT2D eigenvalue weighted by atomic mass is 31.2. The minimum absolute atomic E-state index is 0.0338. The number of carbonyl (C=O) groups is 3. The molecule has 0 aliphatic carbocycles. The number of ketones is 1. The summed E-state index contributed by atoms with van der Waals surface area (Å²) >= 11 is 0. The summed E-state index contributed by atoms with van der Waals surface area (Å²) < 4.78 is 43.8. The fourth-order valence-corrected chi connectivity index (χ4v) is 15.0. The zero-order valence-corrected chi connectivity index (χ0v) is 47.7. The molecule has 0 aliphatic heterocycles. The van der Waals surface area contributed by atoms with E-state index in [-0.39, 0.29) is 55.4 Å². The molecule has 2 aromatic carbocycles. The Morgan fingerprint density at radius 2 is 1.11 bits per heavy atom. The van der Waals surface area contributed by atoms with Crippen molar-refractivity contribution in [2.75, 3.05) is 26.4 Å². The Hall–Kier alpha value is -3.12. The summed E-state index contributed by atoms with van der Waals surface area (Å²) in [5, 5.41) is 7.72. The van der Waals surface area contributed by atoms with Gasteiger partial charge < -0.3 is 19.8 Å². The van der Waals surface area contributed by atoms with Crippen LogP contribution in [0.25, 0.3) is 0 Å². The van der Waals surface area contributed by atoms with Gasteiger partial charge >= 0.3 is 13.9 Å². The number of phosphoric acid groups is 1. The number of Topliss-reactive ketones (excluding diaryl/α,β-unsaturated/α-hetero) is 1. The van der Waals surface area contributed by atoms with E-state index in [1.807, 2.05) is 0 Å². The molecule has 2 aromatic rings. The van der Waals surface area contributed by atoms with Gasteiger partial charge in [0.05, 0.1) is 19.8 Å². The fraction of sp³-hybridized carbons (Fsp3) is 0.707. The van der Waals surface area contributed by atoms with E-state index in [9.17, 15) is 18.9 Å². The minimum atomic E-state index is -4.27. The first kappa shape index (κ1) is 64.0. The Kier molecular flexibility index (Phi) is 33.1. The first-order chi connectivity index (χ1) is 34.0. The molecule has 13 heteroatoms. The maximum atomic E-state index is 14.3. The molecule has 2 unspecified atom stereocenters. The third-order valence-corrected chi connectivity index (χ3v) is 19.4. The highest BCUT2D eigenvalue weighted by Gasteiger charge is 2.51. The predicted molar refractivity (Wildman–Crippen MR) is 296 cm³/mol. The monoisotopic (exact) mass is 1030 g/mol. The SMILES string of the molecule is C=CCOP(=O)(OCCNC(=O)OC(C)(C)C)OC[C@H](NC(=O)CCCCCCCCCCC)C(=O)CCCC(CCCCCCCCCCCCC)O[Si](c1ccccc1)(c1ccccc1)C(C)(C)C. The van der Waals surface area contributed by atoms with Crippen LogP contribution in [0.3, 0.4) is 0 Å². The van der Waals surface area contributed by atoms with E-state index in [1.54, 1.807) is 20.8 Å². The first-order valence-corrected chi connectivity index (χ1v) is 31.1. The van der Waals surface area contributed by atoms with E-state index in [1.165, 1.54) is 106 Å². The molecule has 0 fully saturated rings. The number of rotatable bonds is 42. The molecule has 0 heterocycles. The molecule has 11 nitrogen and oxygen atoms in total. The van der Waals surface area contributed by atoms with Crippen LogP contribution in [0, 0.1) is 0 Å². The van der Waals surface area contributed by atoms with Crippen molar-refractivity contribution in [2.24, 2.45) is 0 Å². The van der Waals surface area contributed by atoms with Crippen LogP contribution in [0.4, 0.5) is 4.79 Å². The second kappa shape index (κ2) is 36.7. The van der Waals surface area contributed by atoms with Crippen molar-refractivity contribution in [3.63, 3.8) is 0 Å². The smallest absolute Gasteiger partial charge is 0.444 e. The van der Waals surface area contributed by atoms with Crippen molar-refractivity contribution in [1.29, 1.82) is 0 Å². The lowest BCUT2D eigenvalue weighted by atomic mass is 10.0. The molecule has 2 amide bonds. The lowest BCUT2D eigenvalue weighted by Crippen LogP contribution is -2.67. The van der Waals surface area contributed by atoms with E-state index in [2.05, 4.69) is 112 Å². The van der Waals surface area contributed by atoms with Gasteiger partial charge in [-0.15, -0.1) is 6.58 Å². The van der Waals surface area contributed by atoms with Gasteiger partial charge in [0.1, 0.15) is 11.6 Å². The van der Waals surface area contributed by atoms with Gasteiger partial charge in [-0.3, -0.25) is 23.2 Å². The molecule has 0 aliphatic rings. The van der Waals surface area contributed by atoms with E-state index < -0.39 is 40.5 Å². The second-order valence-electron chi connectivity index (χ2n) is 21.4. The van der Waals surface area contributed by atoms with Gasteiger partial charge in [0, 0.05) is 25.5 Å². The number of hydrogen-bond donors (Lipinski definition) is 2. The quantitative estimate of drug-likeness (QED) is 0.0288. The summed E-state index contributed by atoms with van der Waals surface area (Å²) in [7, 11) is -7.17. The Morgan fingerprint density at radius 3 is 1.59 bits per heavy atom. The molecule has 71 heavy (non-hydrogen) atoms. The highest BCUT2D eigenvalue weighted by molar-refractivity contribution is 7.48. The number of ether oxygens (including phenoxy) is 1. The van der Waals surface area contributed by atoms with Crippen molar-refractivity contribution in [3.8, 4) is 0 Å². The van der Waals surface area contributed by atoms with E-state index in [0.29, 0.717) is 19.3 Å². The van der Waals surface area contributed by atoms with Gasteiger partial charge in [-0.2, -0.15) is 0 Å². The molecule has 0 radical (unpaired) electrons. The van der Waals surface area contributed by atoms with Crippen LogP contribution in [-0.4, -0.2) is 70.2 Å². The fourth-order valence-electron chi connectivity index (χ4n) is 9.04. The molecule has 3 atom stereocenters. The molecule has 0 saturated heterocycles. The Balaban J connectivity index is 2.30. The maximum absolute atomic E-state index is 14.3. The topological polar surface area (TPSA) is 138 Å². The Morgan fingerprint density at radius 1 is 0.634 bits per heavy atom. The zero-order valence-electron chi connectivity index (χ0n) is 45.8. The van der Waals surface area contributed by atoms with E-state index in [4.69, 9.17) is 22.7 Å². The molecular formula is C58H99N2O9PSi. The molecule has 404 valence electrons. The summed E-state index contributed by atoms with van der Waals surface area (Å²) in [5.74, 6) is -0.491. The normalized spacial score (nSPS) is 13.8. The summed E-state index contributed by atoms with van der Waals surface area (Å²) in [5.41, 5.74) is -0.695. The third-order valence-electron chi connectivity index (χ3n) is 12.8. The van der Waals surface area contributed by atoms with Crippen LogP contribution in [0.2, 0.25) is 5.04 Å². The number of unbranched alkanes of at least 4 members (excludes halogenated alkanes) is 18. The van der Waals surface area contributed by atoms with Crippen molar-refractivity contribution >= 4 is 44.3 Å². The standard InChI is InChI=1S/C58H99N2O9PSi/c1-10-13-15-17-19-21-22-24-25-27-31-38-50(69-71(58(7,8)9,51-40-32-29-33-41-51)52-42-34-30-35-43-52)39-37-44-54(61)53(60-55(62)45-36-28-26-23-20-18-16-14-11-2)49-67-70(64,65-47-12-3)66-48-46-59-56(63)68-57(4,5)6/h12,29-30,32-35,40-43,50,53H,3,10-11,13-28,31,36-39,44-49H2,1-2,4-9H3,(H,59,63)(H,60,62)/t50?,53-,70?/m0/s1. The summed E-state index contributed by atoms with van der Waals surface area (Å²) in [6.45, 7) is 19.5. The van der Waals surface area contributed by atoms with Crippen LogP contribution >= 0.6 is 7.82 Å². The van der Waals surface area contributed by atoms with Crippen LogP contribution < -0.4 is 21.0 Å². The Bertz CT molecular complexity index is 1730. The minimum Gasteiger partial charge on any atom is -0.444 e. The van der Waals surface area contributed by atoms with Crippen LogP contribution in [0.15, 0.2) is 73.3 Å². The zero-order chi connectivity index (χ0) is 52.3. The van der Waals surface area contributed by atoms with Gasteiger partial charge in [0.15, 0.2) is 5.78 Å². The summed E-state index contributed by atoms with van der Waals surface area (Å²) in [4.78, 5) is 40.0. The van der Waals surface area contributed by atoms with E-state index >= 15 is 0 Å². The number of phosphoric ester groups is 1. The maximum Gasteiger partial charge on any atom is 0.475 e. The summed E-state index contributed by atoms with van der Waals surface area (Å²) in [6, 6.07) is 20.3. The number of benzene rings is 2. The largest absolute Gasteiger partial charge is 0.475 e. The lowest BCUT2D eigenvalue weighted by molar-refractivity contribution is -0.128. The number of carbonyl (C=O) groups excluding carboxylic acids is 3. The lowest BCUT2D eigenvalue weighted by Gasteiger charge is -2.45. The number of alkyl carbamates (subject to hydrolysis) is 1. The predicted octanol–water partition coefficient (Wildman–Crippen LogP) is 14.6. The number of hydrogen-bond acceptors (Lipinski definition) is 9. The van der Waals surface area contributed by atoms with Gasteiger partial charge in [0.2, 0.25) is 5.91 Å². The van der Waals surface area contributed by atoms with Crippen LogP contribution in [0.1, 0.15) is 216 Å². The van der Waals surface area contributed by atoms with Crippen LogP contribution in [0.5, 0.6) is 0 Å². The molecule has 2 rings (SSSR count). The van der Waals surface area contributed by atoms with E-state index in [0.717, 1.165) is 38.5 Å². The number of nitrogens with one attached hydrogen (secondary N) is 2.